The number of hydrogen-bond donors (Lipinski definition) is 0. The quantitative estimate of drug-likeness (QED) is 0.775. The van der Waals surface area contributed by atoms with Crippen LogP contribution >= 0.6 is 11.3 Å². The standard InChI is InChI=1S/C14H15NO2S/c1-10-14(18-9-15-10)7-8-17-13-6-4-3-5-12(13)11(2)16/h3-6,9H,7-8H2,1-2H3. The van der Waals surface area contributed by atoms with Crippen molar-refractivity contribution in [1.82, 2.24) is 4.98 Å². The summed E-state index contributed by atoms with van der Waals surface area (Å²) in [6.07, 6.45) is 0.822. The largest absolute Gasteiger partial charge is 0.492 e. The van der Waals surface area contributed by atoms with Crippen molar-refractivity contribution >= 4 is 17.1 Å². The molecule has 0 spiro atoms. The van der Waals surface area contributed by atoms with Gasteiger partial charge in [-0.1, -0.05) is 12.1 Å². The summed E-state index contributed by atoms with van der Waals surface area (Å²) in [6.45, 7) is 4.11. The summed E-state index contributed by atoms with van der Waals surface area (Å²) in [6, 6.07) is 7.34. The molecule has 1 heterocycles. The molecule has 94 valence electrons. The fourth-order valence-corrected chi connectivity index (χ4v) is 2.47. The number of aryl methyl sites for hydroxylation is 1. The van der Waals surface area contributed by atoms with Crippen LogP contribution in [0.15, 0.2) is 29.8 Å². The van der Waals surface area contributed by atoms with Gasteiger partial charge >= 0.3 is 0 Å². The number of ketones is 1. The Kier molecular flexibility index (Phi) is 4.10. The number of Topliss-reactive ketones (excluding diaryl/α,β-unsaturated/α-hetero) is 1. The van der Waals surface area contributed by atoms with Crippen LogP contribution in [-0.4, -0.2) is 17.4 Å². The zero-order chi connectivity index (χ0) is 13.0. The minimum Gasteiger partial charge on any atom is -0.492 e. The summed E-state index contributed by atoms with van der Waals surface area (Å²) in [5.41, 5.74) is 3.54. The van der Waals surface area contributed by atoms with Gasteiger partial charge in [0.25, 0.3) is 0 Å². The maximum absolute atomic E-state index is 11.4. The van der Waals surface area contributed by atoms with Crippen LogP contribution in [0.5, 0.6) is 5.75 Å². The van der Waals surface area contributed by atoms with Gasteiger partial charge in [0.05, 0.1) is 23.4 Å². The summed E-state index contributed by atoms with van der Waals surface area (Å²) in [7, 11) is 0. The average Bonchev–Trinajstić information content (AvgIpc) is 2.76. The predicted octanol–water partition coefficient (Wildman–Crippen LogP) is 3.28. The molecule has 1 aromatic heterocycles. The van der Waals surface area contributed by atoms with E-state index in [1.54, 1.807) is 24.3 Å². The third-order valence-electron chi connectivity index (χ3n) is 2.70. The highest BCUT2D eigenvalue weighted by molar-refractivity contribution is 7.09. The first-order valence-corrected chi connectivity index (χ1v) is 6.68. The van der Waals surface area contributed by atoms with E-state index < -0.39 is 0 Å². The molecule has 0 saturated heterocycles. The van der Waals surface area contributed by atoms with Crippen molar-refractivity contribution in [2.75, 3.05) is 6.61 Å². The van der Waals surface area contributed by atoms with Crippen molar-refractivity contribution in [2.24, 2.45) is 0 Å². The molecule has 0 aliphatic carbocycles. The summed E-state index contributed by atoms with van der Waals surface area (Å²) >= 11 is 1.64. The Morgan fingerprint density at radius 2 is 2.17 bits per heavy atom. The lowest BCUT2D eigenvalue weighted by Crippen LogP contribution is -2.05. The Labute approximate surface area is 110 Å². The lowest BCUT2D eigenvalue weighted by atomic mass is 10.1. The average molecular weight is 261 g/mol. The summed E-state index contributed by atoms with van der Waals surface area (Å²) in [4.78, 5) is 16.9. The maximum atomic E-state index is 11.4. The monoisotopic (exact) mass is 261 g/mol. The van der Waals surface area contributed by atoms with E-state index in [4.69, 9.17) is 4.74 Å². The highest BCUT2D eigenvalue weighted by atomic mass is 32.1. The molecule has 0 aliphatic rings. The normalized spacial score (nSPS) is 10.3. The Bertz CT molecular complexity index is 548. The van der Waals surface area contributed by atoms with Gasteiger partial charge in [-0.15, -0.1) is 11.3 Å². The predicted molar refractivity (Wildman–Crippen MR) is 72.5 cm³/mol. The van der Waals surface area contributed by atoms with Gasteiger partial charge in [0, 0.05) is 11.3 Å². The Balaban J connectivity index is 1.99. The number of ether oxygens (including phenoxy) is 1. The van der Waals surface area contributed by atoms with Crippen LogP contribution in [0.2, 0.25) is 0 Å². The van der Waals surface area contributed by atoms with Crippen LogP contribution in [-0.2, 0) is 6.42 Å². The molecule has 0 atom stereocenters. The number of benzene rings is 1. The molecule has 0 aliphatic heterocycles. The molecule has 3 nitrogen and oxygen atoms in total. The van der Waals surface area contributed by atoms with Crippen LogP contribution in [0.25, 0.3) is 0 Å². The van der Waals surface area contributed by atoms with Crippen molar-refractivity contribution in [3.8, 4) is 5.75 Å². The van der Waals surface area contributed by atoms with Crippen molar-refractivity contribution in [2.45, 2.75) is 20.3 Å². The highest BCUT2D eigenvalue weighted by Crippen LogP contribution is 2.19. The second-order valence-electron chi connectivity index (χ2n) is 4.01. The molecule has 18 heavy (non-hydrogen) atoms. The minimum atomic E-state index is 0.0274. The molecule has 2 rings (SSSR count). The summed E-state index contributed by atoms with van der Waals surface area (Å²) in [5, 5.41) is 0. The Morgan fingerprint density at radius 3 is 2.83 bits per heavy atom. The number of carbonyl (C=O) groups excluding carboxylic acids is 1. The van der Waals surface area contributed by atoms with Crippen LogP contribution in [0.4, 0.5) is 0 Å². The van der Waals surface area contributed by atoms with Gasteiger partial charge in [-0.05, 0) is 26.0 Å². The van der Waals surface area contributed by atoms with Gasteiger partial charge in [-0.2, -0.15) is 0 Å². The topological polar surface area (TPSA) is 39.2 Å². The first-order chi connectivity index (χ1) is 8.68. The van der Waals surface area contributed by atoms with E-state index in [1.165, 1.54) is 4.88 Å². The Hall–Kier alpha value is -1.68. The van der Waals surface area contributed by atoms with Gasteiger partial charge in [0.2, 0.25) is 0 Å². The number of hydrogen-bond acceptors (Lipinski definition) is 4. The second kappa shape index (κ2) is 5.78. The molecule has 0 fully saturated rings. The SMILES string of the molecule is CC(=O)c1ccccc1OCCc1scnc1C. The molecule has 0 radical (unpaired) electrons. The van der Waals surface area contributed by atoms with E-state index in [-0.39, 0.29) is 5.78 Å². The van der Waals surface area contributed by atoms with Crippen LogP contribution in [0.1, 0.15) is 27.9 Å². The molecule has 0 N–H and O–H groups in total. The molecular formula is C14H15NO2S. The third kappa shape index (κ3) is 2.96. The van der Waals surface area contributed by atoms with E-state index in [0.29, 0.717) is 17.9 Å². The van der Waals surface area contributed by atoms with Crippen molar-refractivity contribution < 1.29 is 9.53 Å². The van der Waals surface area contributed by atoms with Crippen molar-refractivity contribution in [3.05, 3.63) is 45.9 Å². The number of para-hydroxylation sites is 1. The van der Waals surface area contributed by atoms with E-state index in [2.05, 4.69) is 4.98 Å². The molecule has 1 aromatic carbocycles. The molecule has 2 aromatic rings. The van der Waals surface area contributed by atoms with Crippen LogP contribution < -0.4 is 4.74 Å². The number of carbonyl (C=O) groups is 1. The number of aromatic nitrogens is 1. The fraction of sp³-hybridized carbons (Fsp3) is 0.286. The zero-order valence-electron chi connectivity index (χ0n) is 10.5. The number of thiazole rings is 1. The first-order valence-electron chi connectivity index (χ1n) is 5.80. The summed E-state index contributed by atoms with van der Waals surface area (Å²) in [5.74, 6) is 0.687. The van der Waals surface area contributed by atoms with Crippen molar-refractivity contribution in [1.29, 1.82) is 0 Å². The lowest BCUT2D eigenvalue weighted by molar-refractivity contribution is 0.101. The fourth-order valence-electron chi connectivity index (χ4n) is 1.70. The Morgan fingerprint density at radius 1 is 1.39 bits per heavy atom. The second-order valence-corrected chi connectivity index (χ2v) is 4.95. The van der Waals surface area contributed by atoms with Gasteiger partial charge in [-0.25, -0.2) is 4.98 Å². The van der Waals surface area contributed by atoms with Gasteiger partial charge < -0.3 is 4.74 Å². The maximum Gasteiger partial charge on any atom is 0.163 e. The summed E-state index contributed by atoms with van der Waals surface area (Å²) < 4.78 is 5.68. The van der Waals surface area contributed by atoms with E-state index in [9.17, 15) is 4.79 Å². The van der Waals surface area contributed by atoms with Crippen LogP contribution in [0.3, 0.4) is 0 Å². The molecule has 0 unspecified atom stereocenters. The van der Waals surface area contributed by atoms with Gasteiger partial charge in [-0.3, -0.25) is 4.79 Å². The van der Waals surface area contributed by atoms with E-state index in [0.717, 1.165) is 12.1 Å². The van der Waals surface area contributed by atoms with Crippen LogP contribution in [0, 0.1) is 6.92 Å². The number of rotatable bonds is 5. The van der Waals surface area contributed by atoms with Gasteiger partial charge in [0.1, 0.15) is 5.75 Å². The van der Waals surface area contributed by atoms with Gasteiger partial charge in [0.15, 0.2) is 5.78 Å². The van der Waals surface area contributed by atoms with E-state index >= 15 is 0 Å². The highest BCUT2D eigenvalue weighted by Gasteiger charge is 2.08. The zero-order valence-corrected chi connectivity index (χ0v) is 11.3. The lowest BCUT2D eigenvalue weighted by Gasteiger charge is -2.09. The van der Waals surface area contributed by atoms with Crippen molar-refractivity contribution in [3.63, 3.8) is 0 Å². The molecule has 0 saturated carbocycles. The molecule has 0 amide bonds. The smallest absolute Gasteiger partial charge is 0.163 e. The number of nitrogens with zero attached hydrogens (tertiary/aromatic N) is 1. The van der Waals surface area contributed by atoms with E-state index in [1.807, 2.05) is 30.6 Å². The molecule has 0 bridgehead atoms. The first kappa shape index (κ1) is 12.8. The third-order valence-corrected chi connectivity index (χ3v) is 3.69. The minimum absolute atomic E-state index is 0.0274. The molecular weight excluding hydrogens is 246 g/mol. The molecule has 4 heteroatoms.